The Labute approximate surface area is 234 Å². The van der Waals surface area contributed by atoms with E-state index >= 15 is 0 Å². The normalized spacial score (nSPS) is 33.8. The molecule has 3 saturated carbocycles. The minimum Gasteiger partial charge on any atom is -0.380 e. The summed E-state index contributed by atoms with van der Waals surface area (Å²) in [7, 11) is 2.29. The number of benzene rings is 1. The summed E-state index contributed by atoms with van der Waals surface area (Å²) in [6, 6.07) is 8.38. The van der Waals surface area contributed by atoms with Crippen molar-refractivity contribution in [1.29, 1.82) is 0 Å². The van der Waals surface area contributed by atoms with E-state index in [1.165, 1.54) is 69.8 Å². The van der Waals surface area contributed by atoms with Crippen LogP contribution in [-0.2, 0) is 4.79 Å². The summed E-state index contributed by atoms with van der Waals surface area (Å²) >= 11 is 0. The number of carbonyl (C=O) groups excluding carboxylic acids is 2. The number of fused-ring (bicyclic) bond motifs is 1. The van der Waals surface area contributed by atoms with E-state index in [0.717, 1.165) is 23.9 Å². The Morgan fingerprint density at radius 1 is 0.923 bits per heavy atom. The number of aliphatic hydroxyl groups is 1. The van der Waals surface area contributed by atoms with Gasteiger partial charge in [-0.05, 0) is 87.3 Å². The SMILES string of the molecule is CC1CN(C(=O)c2ccc(C3CCC4CNN(C)C4(C4CCCCCCC4)C3)cc2)CCN1C(=O)C1(O)CC1. The summed E-state index contributed by atoms with van der Waals surface area (Å²) in [5.41, 5.74) is 4.94. The third kappa shape index (κ3) is 5.04. The van der Waals surface area contributed by atoms with Crippen molar-refractivity contribution < 1.29 is 14.7 Å². The number of piperazine rings is 1. The molecule has 2 aliphatic heterocycles. The number of nitrogens with zero attached hydrogens (tertiary/aromatic N) is 3. The molecular weight excluding hydrogens is 488 g/mol. The first-order chi connectivity index (χ1) is 18.8. The molecule has 1 aromatic rings. The van der Waals surface area contributed by atoms with Gasteiger partial charge in [0.25, 0.3) is 11.8 Å². The molecular formula is C32H48N4O3. The van der Waals surface area contributed by atoms with Crippen molar-refractivity contribution in [2.75, 3.05) is 33.2 Å². The molecule has 2 heterocycles. The maximum atomic E-state index is 13.4. The lowest BCUT2D eigenvalue weighted by atomic mass is 9.60. The zero-order chi connectivity index (χ0) is 27.2. The highest BCUT2D eigenvalue weighted by Gasteiger charge is 2.55. The third-order valence-electron chi connectivity index (χ3n) is 11.1. The summed E-state index contributed by atoms with van der Waals surface area (Å²) in [5, 5.41) is 12.8. The van der Waals surface area contributed by atoms with Crippen LogP contribution in [0, 0.1) is 11.8 Å². The highest BCUT2D eigenvalue weighted by molar-refractivity contribution is 5.94. The van der Waals surface area contributed by atoms with E-state index < -0.39 is 5.60 Å². The molecule has 4 atom stereocenters. The van der Waals surface area contributed by atoms with E-state index in [9.17, 15) is 14.7 Å². The fourth-order valence-corrected chi connectivity index (χ4v) is 8.54. The van der Waals surface area contributed by atoms with Crippen molar-refractivity contribution in [2.45, 2.75) is 107 Å². The Morgan fingerprint density at radius 2 is 1.62 bits per heavy atom. The van der Waals surface area contributed by atoms with Crippen LogP contribution < -0.4 is 5.43 Å². The largest absolute Gasteiger partial charge is 0.380 e. The van der Waals surface area contributed by atoms with Crippen LogP contribution in [0.5, 0.6) is 0 Å². The minimum atomic E-state index is -1.15. The Kier molecular flexibility index (Phi) is 7.53. The molecule has 0 bridgehead atoms. The van der Waals surface area contributed by atoms with Crippen molar-refractivity contribution >= 4 is 11.8 Å². The number of nitrogens with one attached hydrogen (secondary N) is 1. The first kappa shape index (κ1) is 27.2. The first-order valence-corrected chi connectivity index (χ1v) is 15.7. The first-order valence-electron chi connectivity index (χ1n) is 15.7. The van der Waals surface area contributed by atoms with E-state index in [2.05, 4.69) is 29.6 Å². The van der Waals surface area contributed by atoms with Gasteiger partial charge in [-0.15, -0.1) is 0 Å². The number of rotatable bonds is 4. The fourth-order valence-electron chi connectivity index (χ4n) is 8.54. The molecule has 3 aliphatic carbocycles. The average molecular weight is 537 g/mol. The van der Waals surface area contributed by atoms with Crippen molar-refractivity contribution in [2.24, 2.45) is 11.8 Å². The van der Waals surface area contributed by atoms with Crippen molar-refractivity contribution in [1.82, 2.24) is 20.2 Å². The molecule has 214 valence electrons. The molecule has 0 radical (unpaired) electrons. The highest BCUT2D eigenvalue weighted by Crippen LogP contribution is 2.53. The van der Waals surface area contributed by atoms with E-state index in [4.69, 9.17) is 0 Å². The predicted octanol–water partition coefficient (Wildman–Crippen LogP) is 4.32. The number of hydrogen-bond donors (Lipinski definition) is 2. The Morgan fingerprint density at radius 3 is 2.28 bits per heavy atom. The van der Waals surface area contributed by atoms with Crippen LogP contribution >= 0.6 is 0 Å². The van der Waals surface area contributed by atoms with E-state index in [0.29, 0.717) is 38.4 Å². The van der Waals surface area contributed by atoms with Crippen molar-refractivity contribution in [3.8, 4) is 0 Å². The Hall–Kier alpha value is -1.96. The lowest BCUT2D eigenvalue weighted by molar-refractivity contribution is -0.146. The van der Waals surface area contributed by atoms with Gasteiger partial charge < -0.3 is 14.9 Å². The molecule has 0 spiro atoms. The fraction of sp³-hybridized carbons (Fsp3) is 0.750. The van der Waals surface area contributed by atoms with Crippen LogP contribution in [0.3, 0.4) is 0 Å². The summed E-state index contributed by atoms with van der Waals surface area (Å²) in [6.07, 6.45) is 14.5. The van der Waals surface area contributed by atoms with Crippen molar-refractivity contribution in [3.05, 3.63) is 35.4 Å². The maximum absolute atomic E-state index is 13.4. The number of hydrogen-bond acceptors (Lipinski definition) is 5. The summed E-state index contributed by atoms with van der Waals surface area (Å²) in [6.45, 7) is 4.60. The van der Waals surface area contributed by atoms with Gasteiger partial charge in [-0.3, -0.25) is 15.0 Å². The molecule has 2 amide bonds. The van der Waals surface area contributed by atoms with E-state index in [1.54, 1.807) is 4.90 Å². The molecule has 4 unspecified atom stereocenters. The molecule has 7 heteroatoms. The van der Waals surface area contributed by atoms with Gasteiger partial charge in [-0.1, -0.05) is 44.2 Å². The topological polar surface area (TPSA) is 76.1 Å². The second-order valence-corrected chi connectivity index (χ2v) is 13.4. The molecule has 7 nitrogen and oxygen atoms in total. The van der Waals surface area contributed by atoms with Gasteiger partial charge in [0.2, 0.25) is 0 Å². The molecule has 39 heavy (non-hydrogen) atoms. The quantitative estimate of drug-likeness (QED) is 0.600. The van der Waals surface area contributed by atoms with Gasteiger partial charge in [0.15, 0.2) is 0 Å². The van der Waals surface area contributed by atoms with Crippen LogP contribution in [0.1, 0.15) is 106 Å². The lowest BCUT2D eigenvalue weighted by Gasteiger charge is -2.51. The molecule has 2 N–H and O–H groups in total. The second kappa shape index (κ2) is 10.8. The predicted molar refractivity (Wildman–Crippen MR) is 152 cm³/mol. The Balaban J connectivity index is 1.13. The number of hydrazine groups is 1. The standard InChI is InChI=1S/C32H48N4O3/c1-23-22-35(18-19-36(23)30(38)31(39)16-17-31)29(37)25-12-10-24(11-13-25)26-14-15-28-21-33-34(2)32(28,20-26)27-8-6-4-3-5-7-9-27/h10-13,23,26-28,33,39H,3-9,14-22H2,1-2H3. The van der Waals surface area contributed by atoms with Crippen LogP contribution in [0.4, 0.5) is 0 Å². The highest BCUT2D eigenvalue weighted by atomic mass is 16.3. The van der Waals surface area contributed by atoms with Gasteiger partial charge in [0, 0.05) is 50.4 Å². The van der Waals surface area contributed by atoms with Crippen LogP contribution in [0.15, 0.2) is 24.3 Å². The summed E-state index contributed by atoms with van der Waals surface area (Å²) in [5.74, 6) is 1.90. The second-order valence-electron chi connectivity index (χ2n) is 13.4. The van der Waals surface area contributed by atoms with Gasteiger partial charge in [-0.25, -0.2) is 5.01 Å². The summed E-state index contributed by atoms with van der Waals surface area (Å²) in [4.78, 5) is 29.7. The smallest absolute Gasteiger partial charge is 0.254 e. The number of amides is 2. The maximum Gasteiger partial charge on any atom is 0.254 e. The van der Waals surface area contributed by atoms with Crippen LogP contribution in [0.25, 0.3) is 0 Å². The molecule has 5 fully saturated rings. The van der Waals surface area contributed by atoms with Crippen LogP contribution in [0.2, 0.25) is 0 Å². The molecule has 2 saturated heterocycles. The molecule has 5 aliphatic rings. The monoisotopic (exact) mass is 536 g/mol. The zero-order valence-corrected chi connectivity index (χ0v) is 24.0. The number of carbonyl (C=O) groups is 2. The van der Waals surface area contributed by atoms with Gasteiger partial charge in [-0.2, -0.15) is 0 Å². The van der Waals surface area contributed by atoms with E-state index in [-0.39, 0.29) is 23.4 Å². The minimum absolute atomic E-state index is 0.0417. The van der Waals surface area contributed by atoms with Crippen LogP contribution in [-0.4, -0.2) is 82.1 Å². The molecule has 1 aromatic carbocycles. The van der Waals surface area contributed by atoms with Gasteiger partial charge >= 0.3 is 0 Å². The zero-order valence-electron chi connectivity index (χ0n) is 24.0. The lowest BCUT2D eigenvalue weighted by Crippen LogP contribution is -2.57. The Bertz CT molecular complexity index is 1050. The summed E-state index contributed by atoms with van der Waals surface area (Å²) < 4.78 is 0. The molecule has 0 aromatic heterocycles. The van der Waals surface area contributed by atoms with Gasteiger partial charge in [0.05, 0.1) is 0 Å². The van der Waals surface area contributed by atoms with E-state index in [1.807, 2.05) is 24.0 Å². The average Bonchev–Trinajstić information content (AvgIpc) is 3.60. The third-order valence-corrected chi connectivity index (χ3v) is 11.1. The van der Waals surface area contributed by atoms with Gasteiger partial charge in [0.1, 0.15) is 5.60 Å². The van der Waals surface area contributed by atoms with Crippen molar-refractivity contribution in [3.63, 3.8) is 0 Å². The molecule has 6 rings (SSSR count).